The molecule has 1 saturated heterocycles. The van der Waals surface area contributed by atoms with Crippen molar-refractivity contribution in [1.29, 1.82) is 5.41 Å². The Hall–Kier alpha value is -2.88. The monoisotopic (exact) mass is 431 g/mol. The molecule has 1 aliphatic heterocycles. The van der Waals surface area contributed by atoms with Crippen molar-refractivity contribution in [3.05, 3.63) is 63.2 Å². The Morgan fingerprint density at radius 3 is 2.86 bits per heavy atom. The van der Waals surface area contributed by atoms with Crippen LogP contribution in [0.4, 0.5) is 5.13 Å². The van der Waals surface area contributed by atoms with Crippen LogP contribution in [0.2, 0.25) is 5.02 Å². The summed E-state index contributed by atoms with van der Waals surface area (Å²) in [7, 11) is 0. The van der Waals surface area contributed by atoms with Crippen molar-refractivity contribution in [3.8, 4) is 11.3 Å². The second kappa shape index (κ2) is 7.27. The number of benzene rings is 1. The fourth-order valence-electron chi connectivity index (χ4n) is 2.60. The number of thioether (sulfide) groups is 1. The highest BCUT2D eigenvalue weighted by molar-refractivity contribution is 8.19. The molecule has 7 nitrogen and oxygen atoms in total. The van der Waals surface area contributed by atoms with Crippen LogP contribution < -0.4 is 4.90 Å². The van der Waals surface area contributed by atoms with Crippen LogP contribution in [0.5, 0.6) is 0 Å². The Morgan fingerprint density at radius 2 is 2.14 bits per heavy atom. The summed E-state index contributed by atoms with van der Waals surface area (Å²) in [6.45, 7) is 0. The zero-order chi connectivity index (χ0) is 19.8. The lowest BCUT2D eigenvalue weighted by Crippen LogP contribution is -2.27. The number of hydrogen-bond acceptors (Lipinski definition) is 7. The molecule has 140 valence electrons. The fraction of sp³-hybridized carbons (Fsp3) is 0. The van der Waals surface area contributed by atoms with E-state index in [0.29, 0.717) is 32.1 Å². The number of thiazole rings is 1. The number of nitrogens with one attached hydrogen (secondary N) is 1. The summed E-state index contributed by atoms with van der Waals surface area (Å²) in [6, 6.07) is 7.75. The molecule has 1 aliphatic rings. The van der Waals surface area contributed by atoms with E-state index < -0.39 is 5.97 Å². The van der Waals surface area contributed by atoms with E-state index in [1.165, 1.54) is 28.4 Å². The van der Waals surface area contributed by atoms with Crippen LogP contribution in [-0.4, -0.2) is 27.1 Å². The molecule has 3 heterocycles. The highest BCUT2D eigenvalue weighted by Gasteiger charge is 2.35. The van der Waals surface area contributed by atoms with Crippen molar-refractivity contribution in [3.63, 3.8) is 0 Å². The lowest BCUT2D eigenvalue weighted by atomic mass is 10.1. The van der Waals surface area contributed by atoms with Gasteiger partial charge in [0.05, 0.1) is 10.5 Å². The minimum Gasteiger partial charge on any atom is -0.478 e. The normalized spacial score (nSPS) is 15.6. The van der Waals surface area contributed by atoms with E-state index in [1.807, 2.05) is 0 Å². The van der Waals surface area contributed by atoms with Gasteiger partial charge >= 0.3 is 5.97 Å². The maximum absolute atomic E-state index is 12.6. The molecule has 1 fully saturated rings. The summed E-state index contributed by atoms with van der Waals surface area (Å²) in [4.78, 5) is 29.7. The molecule has 0 unspecified atom stereocenters. The average molecular weight is 432 g/mol. The molecule has 0 atom stereocenters. The fourth-order valence-corrected chi connectivity index (χ4v) is 4.30. The lowest BCUT2D eigenvalue weighted by Gasteiger charge is -2.08. The smallest absolute Gasteiger partial charge is 0.336 e. The van der Waals surface area contributed by atoms with Gasteiger partial charge in [0.2, 0.25) is 0 Å². The summed E-state index contributed by atoms with van der Waals surface area (Å²) in [6.07, 6.45) is 3.09. The second-order valence-corrected chi connectivity index (χ2v) is 7.91. The van der Waals surface area contributed by atoms with Gasteiger partial charge in [-0.25, -0.2) is 14.7 Å². The van der Waals surface area contributed by atoms with E-state index in [-0.39, 0.29) is 16.6 Å². The van der Waals surface area contributed by atoms with Gasteiger partial charge in [-0.15, -0.1) is 11.3 Å². The zero-order valence-electron chi connectivity index (χ0n) is 13.9. The Labute approximate surface area is 171 Å². The van der Waals surface area contributed by atoms with Gasteiger partial charge in [0, 0.05) is 28.2 Å². The molecule has 2 N–H and O–H groups in total. The maximum Gasteiger partial charge on any atom is 0.336 e. The molecule has 1 amide bonds. The first-order chi connectivity index (χ1) is 13.4. The number of nitrogens with zero attached hydrogens (tertiary/aromatic N) is 2. The number of halogens is 1. The maximum atomic E-state index is 12.6. The molecule has 0 aliphatic carbocycles. The summed E-state index contributed by atoms with van der Waals surface area (Å²) >= 11 is 8.15. The minimum atomic E-state index is -1.12. The third-order valence-electron chi connectivity index (χ3n) is 3.81. The molecule has 28 heavy (non-hydrogen) atoms. The van der Waals surface area contributed by atoms with Crippen molar-refractivity contribution < 1.29 is 19.1 Å². The molecular weight excluding hydrogens is 422 g/mol. The Kier molecular flexibility index (Phi) is 4.80. The minimum absolute atomic E-state index is 0.0177. The number of carboxylic acids is 1. The summed E-state index contributed by atoms with van der Waals surface area (Å²) in [5.74, 6) is -0.780. The third-order valence-corrected chi connectivity index (χ3v) is 5.69. The largest absolute Gasteiger partial charge is 0.478 e. The van der Waals surface area contributed by atoms with E-state index in [0.717, 1.165) is 11.8 Å². The highest BCUT2D eigenvalue weighted by Crippen LogP contribution is 2.37. The van der Waals surface area contributed by atoms with Gasteiger partial charge in [0.1, 0.15) is 11.5 Å². The Morgan fingerprint density at radius 1 is 1.32 bits per heavy atom. The average Bonchev–Trinajstić information content (AvgIpc) is 3.37. The number of aromatic nitrogens is 1. The van der Waals surface area contributed by atoms with Crippen LogP contribution in [0.25, 0.3) is 17.4 Å². The molecule has 0 bridgehead atoms. The third kappa shape index (κ3) is 3.35. The first kappa shape index (κ1) is 18.5. The van der Waals surface area contributed by atoms with Gasteiger partial charge in [-0.1, -0.05) is 11.6 Å². The number of hydrogen-bond donors (Lipinski definition) is 2. The number of amides is 1. The molecule has 2 aromatic heterocycles. The van der Waals surface area contributed by atoms with Gasteiger partial charge in [-0.05, 0) is 42.1 Å². The van der Waals surface area contributed by atoms with Crippen LogP contribution in [0.1, 0.15) is 16.1 Å². The number of furan rings is 1. The van der Waals surface area contributed by atoms with Crippen LogP contribution in [0.3, 0.4) is 0 Å². The van der Waals surface area contributed by atoms with Crippen molar-refractivity contribution in [2.24, 2.45) is 0 Å². The standard InChI is InChI=1S/C18H10ClN3O4S2/c19-9-1-3-11(12(7-9)16(24)25)13-4-2-10(26-13)8-14-15(23)22(17(20)28-14)18-21-5-6-27-18/h1-8,20H,(H,24,25)/b14-8-,20-17?. The summed E-state index contributed by atoms with van der Waals surface area (Å²) in [5.41, 5.74) is 0.396. The topological polar surface area (TPSA) is 107 Å². The van der Waals surface area contributed by atoms with Gasteiger partial charge in [-0.3, -0.25) is 10.2 Å². The molecule has 4 rings (SSSR count). The summed E-state index contributed by atoms with van der Waals surface area (Å²) < 4.78 is 5.72. The number of carboxylic acid groups (broad SMARTS) is 1. The number of carbonyl (C=O) groups is 2. The van der Waals surface area contributed by atoms with E-state index in [9.17, 15) is 14.7 Å². The number of carbonyl (C=O) groups excluding carboxylic acids is 1. The predicted molar refractivity (Wildman–Crippen MR) is 109 cm³/mol. The number of aromatic carboxylic acids is 1. The number of amidine groups is 1. The van der Waals surface area contributed by atoms with Gasteiger partial charge in [0.25, 0.3) is 5.91 Å². The molecule has 0 saturated carbocycles. The van der Waals surface area contributed by atoms with Crippen LogP contribution in [0, 0.1) is 5.41 Å². The van der Waals surface area contributed by atoms with Crippen LogP contribution in [0.15, 0.2) is 51.2 Å². The second-order valence-electron chi connectivity index (χ2n) is 5.57. The van der Waals surface area contributed by atoms with E-state index in [1.54, 1.807) is 35.8 Å². The van der Waals surface area contributed by atoms with E-state index in [2.05, 4.69) is 4.98 Å². The van der Waals surface area contributed by atoms with Crippen molar-refractivity contribution in [1.82, 2.24) is 4.98 Å². The molecule has 0 spiro atoms. The van der Waals surface area contributed by atoms with Crippen molar-refractivity contribution in [2.75, 3.05) is 4.90 Å². The van der Waals surface area contributed by atoms with E-state index in [4.69, 9.17) is 21.4 Å². The van der Waals surface area contributed by atoms with Crippen molar-refractivity contribution >= 4 is 63.0 Å². The molecule has 0 radical (unpaired) electrons. The Bertz CT molecular complexity index is 1140. The van der Waals surface area contributed by atoms with Crippen LogP contribution in [-0.2, 0) is 4.79 Å². The molecule has 1 aromatic carbocycles. The van der Waals surface area contributed by atoms with Crippen LogP contribution >= 0.6 is 34.7 Å². The van der Waals surface area contributed by atoms with Gasteiger partial charge in [-0.2, -0.15) is 0 Å². The first-order valence-electron chi connectivity index (χ1n) is 7.79. The quantitative estimate of drug-likeness (QED) is 0.574. The number of anilines is 1. The first-order valence-corrected chi connectivity index (χ1v) is 9.86. The molecular formula is C18H10ClN3O4S2. The van der Waals surface area contributed by atoms with Gasteiger partial charge < -0.3 is 9.52 Å². The van der Waals surface area contributed by atoms with Crippen molar-refractivity contribution in [2.45, 2.75) is 0 Å². The number of rotatable bonds is 4. The SMILES string of the molecule is N=C1S/C(=C\c2ccc(-c3ccc(Cl)cc3C(=O)O)o2)C(=O)N1c1nccs1. The molecule has 3 aromatic rings. The summed E-state index contributed by atoms with van der Waals surface area (Å²) in [5, 5.41) is 19.9. The Balaban J connectivity index is 1.65. The highest BCUT2D eigenvalue weighted by atomic mass is 35.5. The zero-order valence-corrected chi connectivity index (χ0v) is 16.3. The van der Waals surface area contributed by atoms with Gasteiger partial charge in [0.15, 0.2) is 10.3 Å². The predicted octanol–water partition coefficient (Wildman–Crippen LogP) is 4.81. The molecule has 10 heteroatoms. The lowest BCUT2D eigenvalue weighted by molar-refractivity contribution is -0.113. The van der Waals surface area contributed by atoms with E-state index >= 15 is 0 Å².